The predicted octanol–water partition coefficient (Wildman–Crippen LogP) is 3.20. The van der Waals surface area contributed by atoms with Gasteiger partial charge in [-0.2, -0.15) is 18.6 Å². The molecular formula is C14H15ClF3N3O3. The van der Waals surface area contributed by atoms with Crippen LogP contribution in [0.1, 0.15) is 24.2 Å². The van der Waals surface area contributed by atoms with Crippen molar-refractivity contribution in [1.82, 2.24) is 10.4 Å². The van der Waals surface area contributed by atoms with E-state index in [1.807, 2.05) is 0 Å². The number of hydrogen-bond acceptors (Lipinski definition) is 5. The highest BCUT2D eigenvalue weighted by molar-refractivity contribution is 6.32. The first-order valence-electron chi connectivity index (χ1n) is 6.83. The number of halogens is 4. The van der Waals surface area contributed by atoms with Crippen LogP contribution in [-0.2, 0) is 4.74 Å². The van der Waals surface area contributed by atoms with Gasteiger partial charge in [0.1, 0.15) is 17.2 Å². The Morgan fingerprint density at radius 2 is 2.12 bits per heavy atom. The Morgan fingerprint density at radius 1 is 1.46 bits per heavy atom. The van der Waals surface area contributed by atoms with Crippen LogP contribution in [0.3, 0.4) is 0 Å². The van der Waals surface area contributed by atoms with Crippen molar-refractivity contribution in [2.75, 3.05) is 11.6 Å². The molecule has 1 aliphatic heterocycles. The third kappa shape index (κ3) is 3.97. The zero-order valence-corrected chi connectivity index (χ0v) is 13.5. The summed E-state index contributed by atoms with van der Waals surface area (Å²) in [6, 6.07) is 2.69. The number of hydrogen-bond donors (Lipinski definition) is 2. The maximum absolute atomic E-state index is 12.8. The van der Waals surface area contributed by atoms with Crippen molar-refractivity contribution >= 4 is 23.4 Å². The summed E-state index contributed by atoms with van der Waals surface area (Å²) < 4.78 is 43.6. The molecule has 1 aliphatic rings. The maximum Gasteiger partial charge on any atom is 0.396 e. The lowest BCUT2D eigenvalue weighted by molar-refractivity contribution is -0.230. The molecule has 0 saturated carbocycles. The molecule has 0 spiro atoms. The number of nitrogens with one attached hydrogen (secondary N) is 1. The third-order valence-corrected chi connectivity index (χ3v) is 3.67. The van der Waals surface area contributed by atoms with E-state index in [1.54, 1.807) is 0 Å². The Balaban J connectivity index is 1.98. The van der Waals surface area contributed by atoms with E-state index in [1.165, 1.54) is 29.4 Å². The second-order valence-corrected chi connectivity index (χ2v) is 6.12. The summed E-state index contributed by atoms with van der Waals surface area (Å²) in [5, 5.41) is 10.1. The molecule has 6 nitrogen and oxygen atoms in total. The van der Waals surface area contributed by atoms with Crippen molar-refractivity contribution in [2.45, 2.75) is 26.3 Å². The summed E-state index contributed by atoms with van der Waals surface area (Å²) >= 11 is 5.78. The number of aromatic nitrogens is 1. The monoisotopic (exact) mass is 365 g/mol. The first-order chi connectivity index (χ1) is 11.0. The molecular weight excluding hydrogens is 351 g/mol. The molecule has 2 rings (SSSR count). The van der Waals surface area contributed by atoms with E-state index in [0.717, 1.165) is 13.8 Å². The highest BCUT2D eigenvalue weighted by Gasteiger charge is 2.47. The van der Waals surface area contributed by atoms with Crippen molar-refractivity contribution in [1.29, 1.82) is 0 Å². The number of ether oxygens (including phenoxy) is 1. The fourth-order valence-electron chi connectivity index (χ4n) is 1.72. The topological polar surface area (TPSA) is 74.7 Å². The molecule has 0 bridgehead atoms. The van der Waals surface area contributed by atoms with Gasteiger partial charge in [0.05, 0.1) is 17.6 Å². The quantitative estimate of drug-likeness (QED) is 0.780. The van der Waals surface area contributed by atoms with Crippen LogP contribution >= 0.6 is 11.6 Å². The number of rotatable bonds is 5. The summed E-state index contributed by atoms with van der Waals surface area (Å²) in [6.07, 6.45) is -2.14. The van der Waals surface area contributed by atoms with E-state index < -0.39 is 30.4 Å². The Labute approximate surface area is 140 Å². The van der Waals surface area contributed by atoms with Crippen LogP contribution in [0.5, 0.6) is 0 Å². The van der Waals surface area contributed by atoms with Crippen LogP contribution in [-0.4, -0.2) is 35.1 Å². The van der Waals surface area contributed by atoms with Crippen LogP contribution in [0.2, 0.25) is 5.15 Å². The van der Waals surface area contributed by atoms with Gasteiger partial charge >= 0.3 is 12.1 Å². The largest absolute Gasteiger partial charge is 0.478 e. The Bertz CT molecular complexity index is 664. The van der Waals surface area contributed by atoms with E-state index in [0.29, 0.717) is 0 Å². The predicted molar refractivity (Wildman–Crippen MR) is 80.5 cm³/mol. The number of anilines is 1. The number of carboxylic acids is 1. The summed E-state index contributed by atoms with van der Waals surface area (Å²) in [5.41, 5.74) is 0.636. The number of aromatic carboxylic acids is 1. The normalized spacial score (nSPS) is 18.2. The van der Waals surface area contributed by atoms with Crippen LogP contribution in [0.15, 0.2) is 24.4 Å². The van der Waals surface area contributed by atoms with E-state index in [4.69, 9.17) is 21.4 Å². The van der Waals surface area contributed by atoms with E-state index in [2.05, 4.69) is 10.4 Å². The van der Waals surface area contributed by atoms with Crippen molar-refractivity contribution in [3.8, 4) is 0 Å². The molecule has 132 valence electrons. The smallest absolute Gasteiger partial charge is 0.396 e. The summed E-state index contributed by atoms with van der Waals surface area (Å²) in [6.45, 7) is 1.57. The Kier molecular flexibility index (Phi) is 5.07. The number of pyridine rings is 1. The van der Waals surface area contributed by atoms with Gasteiger partial charge in [-0.05, 0) is 32.1 Å². The van der Waals surface area contributed by atoms with Crippen LogP contribution in [0.25, 0.3) is 0 Å². The van der Waals surface area contributed by atoms with Gasteiger partial charge in [0.2, 0.25) is 0 Å². The number of carbonyl (C=O) groups is 1. The SMILES string of the molecule is CC(C)(COC1C=CN(c2ccc(C(=O)O)c(Cl)n2)N1)C(F)(F)F. The van der Waals surface area contributed by atoms with Crippen molar-refractivity contribution in [3.05, 3.63) is 35.1 Å². The van der Waals surface area contributed by atoms with Crippen molar-refractivity contribution in [2.24, 2.45) is 5.41 Å². The minimum absolute atomic E-state index is 0.150. The molecule has 0 radical (unpaired) electrons. The number of hydrazine groups is 1. The van der Waals surface area contributed by atoms with Crippen LogP contribution in [0, 0.1) is 5.41 Å². The van der Waals surface area contributed by atoms with E-state index >= 15 is 0 Å². The first kappa shape index (κ1) is 18.5. The van der Waals surface area contributed by atoms with Gasteiger partial charge in [0, 0.05) is 6.20 Å². The average molecular weight is 366 g/mol. The number of carboxylic acid groups (broad SMARTS) is 1. The van der Waals surface area contributed by atoms with Gasteiger partial charge in [-0.1, -0.05) is 11.6 Å². The van der Waals surface area contributed by atoms with Crippen LogP contribution < -0.4 is 10.4 Å². The summed E-state index contributed by atoms with van der Waals surface area (Å²) in [4.78, 5) is 14.8. The molecule has 0 aromatic carbocycles. The molecule has 1 aromatic rings. The average Bonchev–Trinajstić information content (AvgIpc) is 2.92. The zero-order chi connectivity index (χ0) is 18.1. The first-order valence-corrected chi connectivity index (χ1v) is 7.21. The van der Waals surface area contributed by atoms with Gasteiger partial charge in [-0.25, -0.2) is 9.78 Å². The lowest BCUT2D eigenvalue weighted by atomic mass is 9.94. The van der Waals surface area contributed by atoms with E-state index in [-0.39, 0.29) is 16.5 Å². The molecule has 10 heteroatoms. The van der Waals surface area contributed by atoms with Gasteiger partial charge in [-0.3, -0.25) is 5.01 Å². The molecule has 24 heavy (non-hydrogen) atoms. The molecule has 1 unspecified atom stereocenters. The second kappa shape index (κ2) is 6.58. The summed E-state index contributed by atoms with van der Waals surface area (Å²) in [7, 11) is 0. The number of nitrogens with zero attached hydrogens (tertiary/aromatic N) is 2. The van der Waals surface area contributed by atoms with Crippen molar-refractivity contribution < 1.29 is 27.8 Å². The molecule has 0 amide bonds. The number of alkyl halides is 3. The van der Waals surface area contributed by atoms with Crippen molar-refractivity contribution in [3.63, 3.8) is 0 Å². The third-order valence-electron chi connectivity index (χ3n) is 3.38. The molecule has 0 fully saturated rings. The molecule has 0 saturated heterocycles. The maximum atomic E-state index is 12.8. The van der Waals surface area contributed by atoms with Gasteiger partial charge in [0.25, 0.3) is 0 Å². The molecule has 1 aromatic heterocycles. The molecule has 0 aliphatic carbocycles. The molecule has 2 N–H and O–H groups in total. The van der Waals surface area contributed by atoms with E-state index in [9.17, 15) is 18.0 Å². The lowest BCUT2D eigenvalue weighted by Gasteiger charge is -2.29. The van der Waals surface area contributed by atoms with Gasteiger partial charge in [-0.15, -0.1) is 0 Å². The second-order valence-electron chi connectivity index (χ2n) is 5.77. The molecule has 1 atom stereocenters. The summed E-state index contributed by atoms with van der Waals surface area (Å²) in [5.74, 6) is -0.929. The van der Waals surface area contributed by atoms with Gasteiger partial charge < -0.3 is 9.84 Å². The lowest BCUT2D eigenvalue weighted by Crippen LogP contribution is -2.42. The Morgan fingerprint density at radius 3 is 2.67 bits per heavy atom. The highest BCUT2D eigenvalue weighted by Crippen LogP contribution is 2.37. The minimum Gasteiger partial charge on any atom is -0.478 e. The van der Waals surface area contributed by atoms with Crippen LogP contribution in [0.4, 0.5) is 19.0 Å². The standard InChI is InChI=1S/C14H15ClF3N3O3/c1-13(2,14(16,17)18)7-24-10-5-6-21(20-10)9-4-3-8(12(22)23)11(15)19-9/h3-6,10,20H,7H2,1-2H3,(H,22,23). The molecule has 2 heterocycles. The van der Waals surface area contributed by atoms with Gasteiger partial charge in [0.15, 0.2) is 0 Å². The zero-order valence-electron chi connectivity index (χ0n) is 12.8. The fourth-order valence-corrected chi connectivity index (χ4v) is 1.95. The fraction of sp³-hybridized carbons (Fsp3) is 0.429. The Hall–Kier alpha value is -1.84. The highest BCUT2D eigenvalue weighted by atomic mass is 35.5. The minimum atomic E-state index is -4.38.